The second-order valence-electron chi connectivity index (χ2n) is 3.52. The van der Waals surface area contributed by atoms with Crippen LogP contribution in [-0.4, -0.2) is 10.2 Å². The van der Waals surface area contributed by atoms with Crippen molar-refractivity contribution in [3.63, 3.8) is 0 Å². The number of hydrogen-bond acceptors (Lipinski definition) is 6. The minimum absolute atomic E-state index is 0.0181. The lowest BCUT2D eigenvalue weighted by Gasteiger charge is -2.05. The third-order valence-electron chi connectivity index (χ3n) is 2.30. The van der Waals surface area contributed by atoms with Crippen molar-refractivity contribution in [2.75, 3.05) is 5.73 Å². The molecular formula is C11H10FN5O. The normalized spacial score (nSPS) is 10.2. The van der Waals surface area contributed by atoms with Crippen molar-refractivity contribution in [2.45, 2.75) is 13.1 Å². The average molecular weight is 247 g/mol. The summed E-state index contributed by atoms with van der Waals surface area (Å²) >= 11 is 0. The molecule has 0 saturated carbocycles. The number of nitrogens with two attached hydrogens (primary N) is 1. The third-order valence-corrected chi connectivity index (χ3v) is 2.30. The summed E-state index contributed by atoms with van der Waals surface area (Å²) in [5.41, 5.74) is 5.87. The van der Waals surface area contributed by atoms with Crippen LogP contribution in [0.1, 0.15) is 17.0 Å². The van der Waals surface area contributed by atoms with E-state index in [-0.39, 0.29) is 19.1 Å². The molecule has 6 nitrogen and oxygen atoms in total. The van der Waals surface area contributed by atoms with E-state index in [1.54, 1.807) is 6.07 Å². The Hall–Kier alpha value is -2.46. The van der Waals surface area contributed by atoms with Crippen LogP contribution < -0.4 is 11.1 Å². The van der Waals surface area contributed by atoms with Gasteiger partial charge >= 0.3 is 6.01 Å². The van der Waals surface area contributed by atoms with Gasteiger partial charge in [0.1, 0.15) is 5.82 Å². The Morgan fingerprint density at radius 3 is 2.89 bits per heavy atom. The summed E-state index contributed by atoms with van der Waals surface area (Å²) in [5, 5.41) is 18.9. The molecule has 0 bridgehead atoms. The zero-order valence-electron chi connectivity index (χ0n) is 9.35. The van der Waals surface area contributed by atoms with Gasteiger partial charge in [-0.25, -0.2) is 4.39 Å². The Kier molecular flexibility index (Phi) is 3.50. The van der Waals surface area contributed by atoms with E-state index < -0.39 is 5.82 Å². The molecule has 0 fully saturated rings. The van der Waals surface area contributed by atoms with Crippen LogP contribution in [0, 0.1) is 17.1 Å². The molecule has 0 radical (unpaired) electrons. The average Bonchev–Trinajstić information content (AvgIpc) is 2.77. The molecule has 3 N–H and O–H groups in total. The third kappa shape index (κ3) is 2.61. The van der Waals surface area contributed by atoms with E-state index in [9.17, 15) is 4.39 Å². The van der Waals surface area contributed by atoms with Crippen molar-refractivity contribution in [2.24, 2.45) is 0 Å². The molecule has 0 aliphatic carbocycles. The summed E-state index contributed by atoms with van der Waals surface area (Å²) in [5.74, 6) is -0.117. The topological polar surface area (TPSA) is 101 Å². The molecule has 0 saturated heterocycles. The van der Waals surface area contributed by atoms with Gasteiger partial charge in [0, 0.05) is 12.1 Å². The number of nitriles is 1. The molecule has 1 heterocycles. The van der Waals surface area contributed by atoms with Gasteiger partial charge < -0.3 is 15.5 Å². The quantitative estimate of drug-likeness (QED) is 0.834. The van der Waals surface area contributed by atoms with Crippen molar-refractivity contribution < 1.29 is 8.81 Å². The Morgan fingerprint density at radius 2 is 2.22 bits per heavy atom. The van der Waals surface area contributed by atoms with Gasteiger partial charge in [0.2, 0.25) is 5.89 Å². The highest BCUT2D eigenvalue weighted by Gasteiger charge is 2.08. The maximum Gasteiger partial charge on any atom is 0.312 e. The number of hydrogen-bond donors (Lipinski definition) is 2. The van der Waals surface area contributed by atoms with Crippen molar-refractivity contribution in [3.05, 3.63) is 41.0 Å². The molecule has 0 amide bonds. The molecule has 1 aromatic carbocycles. The predicted molar refractivity (Wildman–Crippen MR) is 60.4 cm³/mol. The number of aromatic nitrogens is 2. The van der Waals surface area contributed by atoms with Crippen molar-refractivity contribution >= 4 is 6.01 Å². The standard InChI is InChI=1S/C11H10FN5O/c12-9-3-1-2-7(4-13)8(9)5-15-6-10-16-17-11(14)18-10/h1-3,15H,5-6H2,(H2,14,17). The van der Waals surface area contributed by atoms with Gasteiger partial charge in [0.05, 0.1) is 18.2 Å². The van der Waals surface area contributed by atoms with Gasteiger partial charge in [-0.3, -0.25) is 0 Å². The number of anilines is 1. The van der Waals surface area contributed by atoms with Gasteiger partial charge in [0.25, 0.3) is 0 Å². The molecule has 2 rings (SSSR count). The summed E-state index contributed by atoms with van der Waals surface area (Å²) in [6, 6.07) is 6.28. The van der Waals surface area contributed by atoms with E-state index in [1.165, 1.54) is 12.1 Å². The molecule has 92 valence electrons. The number of nitrogen functional groups attached to an aromatic ring is 1. The van der Waals surface area contributed by atoms with Crippen LogP contribution in [0.15, 0.2) is 22.6 Å². The Morgan fingerprint density at radius 1 is 1.39 bits per heavy atom. The minimum Gasteiger partial charge on any atom is -0.407 e. The number of benzene rings is 1. The number of halogens is 1. The van der Waals surface area contributed by atoms with Crippen LogP contribution in [0.4, 0.5) is 10.4 Å². The molecule has 0 aliphatic rings. The van der Waals surface area contributed by atoms with Gasteiger partial charge in [0.15, 0.2) is 0 Å². The fraction of sp³-hybridized carbons (Fsp3) is 0.182. The summed E-state index contributed by atoms with van der Waals surface area (Å²) < 4.78 is 18.4. The largest absolute Gasteiger partial charge is 0.407 e. The smallest absolute Gasteiger partial charge is 0.312 e. The molecular weight excluding hydrogens is 237 g/mol. The molecule has 0 aliphatic heterocycles. The predicted octanol–water partition coefficient (Wildman–Crippen LogP) is 0.952. The highest BCUT2D eigenvalue weighted by atomic mass is 19.1. The van der Waals surface area contributed by atoms with Gasteiger partial charge in [-0.15, -0.1) is 5.10 Å². The van der Waals surface area contributed by atoms with Crippen molar-refractivity contribution in [1.29, 1.82) is 5.26 Å². The molecule has 0 unspecified atom stereocenters. The summed E-state index contributed by atoms with van der Waals surface area (Å²) in [6.07, 6.45) is 0. The van der Waals surface area contributed by atoms with Gasteiger partial charge in [-0.2, -0.15) is 5.26 Å². The fourth-order valence-electron chi connectivity index (χ4n) is 1.48. The van der Waals surface area contributed by atoms with Crippen molar-refractivity contribution in [1.82, 2.24) is 15.5 Å². The first kappa shape index (κ1) is 12.0. The zero-order valence-corrected chi connectivity index (χ0v) is 9.35. The van der Waals surface area contributed by atoms with E-state index in [2.05, 4.69) is 15.5 Å². The van der Waals surface area contributed by atoms with E-state index in [0.29, 0.717) is 17.0 Å². The summed E-state index contributed by atoms with van der Waals surface area (Å²) in [6.45, 7) is 0.446. The molecule has 7 heteroatoms. The number of rotatable bonds is 4. The number of nitrogens with zero attached hydrogens (tertiary/aromatic N) is 3. The molecule has 0 spiro atoms. The second kappa shape index (κ2) is 5.25. The van der Waals surface area contributed by atoms with Gasteiger partial charge in [-0.05, 0) is 12.1 Å². The maximum atomic E-state index is 13.5. The molecule has 0 atom stereocenters. The Balaban J connectivity index is 2.00. The number of nitrogens with one attached hydrogen (secondary N) is 1. The lowest BCUT2D eigenvalue weighted by Crippen LogP contribution is -2.15. The maximum absolute atomic E-state index is 13.5. The monoisotopic (exact) mass is 247 g/mol. The minimum atomic E-state index is -0.424. The highest BCUT2D eigenvalue weighted by molar-refractivity contribution is 5.38. The molecule has 1 aromatic heterocycles. The lowest BCUT2D eigenvalue weighted by atomic mass is 10.1. The first-order valence-electron chi connectivity index (χ1n) is 5.16. The van der Waals surface area contributed by atoms with E-state index >= 15 is 0 Å². The van der Waals surface area contributed by atoms with Gasteiger partial charge in [-0.1, -0.05) is 11.2 Å². The Bertz CT molecular complexity index is 589. The van der Waals surface area contributed by atoms with Crippen LogP contribution in [0.5, 0.6) is 0 Å². The summed E-state index contributed by atoms with van der Waals surface area (Å²) in [7, 11) is 0. The SMILES string of the molecule is N#Cc1cccc(F)c1CNCc1nnc(N)o1. The van der Waals surface area contributed by atoms with Crippen LogP contribution in [0.2, 0.25) is 0 Å². The molecule has 2 aromatic rings. The van der Waals surface area contributed by atoms with Crippen LogP contribution in [0.3, 0.4) is 0 Å². The highest BCUT2D eigenvalue weighted by Crippen LogP contribution is 2.12. The zero-order chi connectivity index (χ0) is 13.0. The van der Waals surface area contributed by atoms with Crippen LogP contribution in [0.25, 0.3) is 0 Å². The second-order valence-corrected chi connectivity index (χ2v) is 3.52. The first-order chi connectivity index (χ1) is 8.70. The van der Waals surface area contributed by atoms with Crippen LogP contribution >= 0.6 is 0 Å². The Labute approximate surface area is 102 Å². The van der Waals surface area contributed by atoms with E-state index in [1.807, 2.05) is 6.07 Å². The van der Waals surface area contributed by atoms with E-state index in [0.717, 1.165) is 0 Å². The van der Waals surface area contributed by atoms with Crippen molar-refractivity contribution in [3.8, 4) is 6.07 Å². The fourth-order valence-corrected chi connectivity index (χ4v) is 1.48. The summed E-state index contributed by atoms with van der Waals surface area (Å²) in [4.78, 5) is 0. The first-order valence-corrected chi connectivity index (χ1v) is 5.16. The lowest BCUT2D eigenvalue weighted by molar-refractivity contribution is 0.477. The van der Waals surface area contributed by atoms with E-state index in [4.69, 9.17) is 15.4 Å². The molecule has 18 heavy (non-hydrogen) atoms. The van der Waals surface area contributed by atoms with Crippen LogP contribution in [-0.2, 0) is 13.1 Å².